The van der Waals surface area contributed by atoms with Gasteiger partial charge in [0.15, 0.2) is 5.78 Å². The average Bonchev–Trinajstić information content (AvgIpc) is 2.37. The minimum atomic E-state index is -3.62. The molecule has 1 atom stereocenters. The van der Waals surface area contributed by atoms with Crippen LogP contribution in [0.2, 0.25) is 0 Å². The maximum Gasteiger partial charge on any atom is 0.299 e. The van der Waals surface area contributed by atoms with Crippen molar-refractivity contribution in [3.8, 4) is 0 Å². The minimum absolute atomic E-state index is 0.00176. The van der Waals surface area contributed by atoms with Gasteiger partial charge in [-0.2, -0.15) is 13.1 Å². The van der Waals surface area contributed by atoms with Crippen LogP contribution in [0.5, 0.6) is 0 Å². The van der Waals surface area contributed by atoms with Crippen molar-refractivity contribution >= 4 is 31.9 Å². The Bertz CT molecular complexity index is 712. The average molecular weight is 357 g/mol. The van der Waals surface area contributed by atoms with E-state index in [1.807, 2.05) is 24.3 Å². The van der Waals surface area contributed by atoms with Gasteiger partial charge in [-0.05, 0) is 24.5 Å². The van der Waals surface area contributed by atoms with Gasteiger partial charge in [0, 0.05) is 22.2 Å². The van der Waals surface area contributed by atoms with Gasteiger partial charge in [0.05, 0.1) is 6.04 Å². The monoisotopic (exact) mass is 356 g/mol. The lowest BCUT2D eigenvalue weighted by molar-refractivity contribution is -0.116. The highest BCUT2D eigenvalue weighted by atomic mass is 79.9. The summed E-state index contributed by atoms with van der Waals surface area (Å²) < 4.78 is 29.6. The lowest BCUT2D eigenvalue weighted by Crippen LogP contribution is -2.47. The number of Topliss-reactive ketones (excluding diaryl/α,β-unsaturated/α-hetero) is 1. The molecule has 1 aromatic carbocycles. The zero-order chi connectivity index (χ0) is 14.3. The Morgan fingerprint density at radius 1 is 1.20 bits per heavy atom. The summed E-state index contributed by atoms with van der Waals surface area (Å²) in [5.74, 6) is 0.00176. The number of hydrogen-bond donors (Lipinski definition) is 2. The van der Waals surface area contributed by atoms with Gasteiger partial charge in [-0.1, -0.05) is 34.1 Å². The fraction of sp³-hybridized carbons (Fsp3) is 0.308. The Balaban J connectivity index is 2.17. The van der Waals surface area contributed by atoms with Crippen LogP contribution in [-0.4, -0.2) is 14.2 Å². The van der Waals surface area contributed by atoms with Crippen LogP contribution in [-0.2, 0) is 15.0 Å². The van der Waals surface area contributed by atoms with Crippen LogP contribution in [0, 0.1) is 0 Å². The molecule has 3 rings (SSSR count). The first-order valence-electron chi connectivity index (χ1n) is 6.29. The summed E-state index contributed by atoms with van der Waals surface area (Å²) in [4.78, 5) is 12.2. The molecule has 1 aromatic rings. The second-order valence-corrected chi connectivity index (χ2v) is 7.15. The number of rotatable bonds is 1. The number of carbonyl (C=O) groups is 1. The maximum atomic E-state index is 12.2. The van der Waals surface area contributed by atoms with Gasteiger partial charge in [-0.15, -0.1) is 0 Å². The van der Waals surface area contributed by atoms with Crippen LogP contribution in [0.1, 0.15) is 30.9 Å². The molecule has 5 nitrogen and oxygen atoms in total. The molecule has 1 heterocycles. The second kappa shape index (κ2) is 4.98. The molecule has 20 heavy (non-hydrogen) atoms. The molecule has 1 unspecified atom stereocenters. The van der Waals surface area contributed by atoms with E-state index in [-0.39, 0.29) is 5.78 Å². The molecule has 0 aromatic heterocycles. The van der Waals surface area contributed by atoms with Crippen LogP contribution in [0.4, 0.5) is 0 Å². The molecule has 0 amide bonds. The van der Waals surface area contributed by atoms with Gasteiger partial charge in [-0.25, -0.2) is 0 Å². The third kappa shape index (κ3) is 2.41. The first kappa shape index (κ1) is 13.8. The molecule has 0 fully saturated rings. The van der Waals surface area contributed by atoms with E-state index >= 15 is 0 Å². The van der Waals surface area contributed by atoms with Crippen molar-refractivity contribution in [1.82, 2.24) is 9.44 Å². The maximum absolute atomic E-state index is 12.2. The van der Waals surface area contributed by atoms with Crippen molar-refractivity contribution in [2.24, 2.45) is 0 Å². The molecule has 0 saturated carbocycles. The molecule has 2 N–H and O–H groups in total. The molecule has 1 aliphatic carbocycles. The molecule has 2 aliphatic rings. The summed E-state index contributed by atoms with van der Waals surface area (Å²) in [6.07, 6.45) is 1.73. The van der Waals surface area contributed by atoms with Crippen LogP contribution in [0.15, 0.2) is 40.0 Å². The van der Waals surface area contributed by atoms with Gasteiger partial charge >= 0.3 is 0 Å². The fourth-order valence-corrected chi connectivity index (χ4v) is 4.30. The van der Waals surface area contributed by atoms with E-state index in [4.69, 9.17) is 0 Å². The van der Waals surface area contributed by atoms with Crippen molar-refractivity contribution < 1.29 is 13.2 Å². The molecule has 0 spiro atoms. The van der Waals surface area contributed by atoms with E-state index in [0.717, 1.165) is 10.0 Å². The lowest BCUT2D eigenvalue weighted by Gasteiger charge is -2.32. The molecular formula is C13H13BrN2O3S. The van der Waals surface area contributed by atoms with E-state index in [0.29, 0.717) is 30.5 Å². The van der Waals surface area contributed by atoms with Crippen molar-refractivity contribution in [1.29, 1.82) is 0 Å². The lowest BCUT2D eigenvalue weighted by atomic mass is 9.87. The zero-order valence-electron chi connectivity index (χ0n) is 10.5. The molecule has 0 saturated heterocycles. The fourth-order valence-electron chi connectivity index (χ4n) is 2.64. The van der Waals surface area contributed by atoms with Crippen LogP contribution in [0.25, 0.3) is 0 Å². The summed E-state index contributed by atoms with van der Waals surface area (Å²) in [5.41, 5.74) is 1.82. The van der Waals surface area contributed by atoms with Gasteiger partial charge < -0.3 is 0 Å². The Kier molecular flexibility index (Phi) is 3.43. The van der Waals surface area contributed by atoms with E-state index in [9.17, 15) is 13.2 Å². The highest BCUT2D eigenvalue weighted by molar-refractivity contribution is 9.10. The van der Waals surface area contributed by atoms with Gasteiger partial charge in [-0.3, -0.25) is 9.52 Å². The summed E-state index contributed by atoms with van der Waals surface area (Å²) in [7, 11) is -3.62. The third-order valence-electron chi connectivity index (χ3n) is 3.49. The predicted octanol–water partition coefficient (Wildman–Crippen LogP) is 1.93. The molecule has 106 valence electrons. The van der Waals surface area contributed by atoms with Gasteiger partial charge in [0.1, 0.15) is 0 Å². The van der Waals surface area contributed by atoms with E-state index in [1.165, 1.54) is 0 Å². The minimum Gasteiger partial charge on any atom is -0.294 e. The van der Waals surface area contributed by atoms with Crippen LogP contribution >= 0.6 is 15.9 Å². The second-order valence-electron chi connectivity index (χ2n) is 4.85. The van der Waals surface area contributed by atoms with E-state index < -0.39 is 16.3 Å². The number of halogens is 1. The molecule has 1 aliphatic heterocycles. The Labute approximate surface area is 125 Å². The van der Waals surface area contributed by atoms with Crippen LogP contribution in [0.3, 0.4) is 0 Å². The van der Waals surface area contributed by atoms with E-state index in [1.54, 1.807) is 0 Å². The summed E-state index contributed by atoms with van der Waals surface area (Å²) in [6, 6.07) is 6.69. The standard InChI is InChI=1S/C13H13BrN2O3S/c14-9-5-2-1-4-8(9)13-12-10(6-3-7-11(12)17)15-20(18,19)16-13/h1-2,4-5,13,15-16H,3,6-7H2. The third-order valence-corrected chi connectivity index (χ3v) is 5.27. The number of carbonyl (C=O) groups excluding carboxylic acids is 1. The largest absolute Gasteiger partial charge is 0.299 e. The van der Waals surface area contributed by atoms with Gasteiger partial charge in [0.2, 0.25) is 0 Å². The van der Waals surface area contributed by atoms with Crippen molar-refractivity contribution in [2.45, 2.75) is 25.3 Å². The Hall–Kier alpha value is -1.18. The molecule has 7 heteroatoms. The Morgan fingerprint density at radius 3 is 2.70 bits per heavy atom. The number of nitrogens with one attached hydrogen (secondary N) is 2. The molecular weight excluding hydrogens is 344 g/mol. The Morgan fingerprint density at radius 2 is 1.95 bits per heavy atom. The summed E-state index contributed by atoms with van der Waals surface area (Å²) in [5, 5.41) is 0. The normalized spacial score (nSPS) is 25.1. The smallest absolute Gasteiger partial charge is 0.294 e. The van der Waals surface area contributed by atoms with Crippen LogP contribution < -0.4 is 9.44 Å². The predicted molar refractivity (Wildman–Crippen MR) is 78.0 cm³/mol. The summed E-state index contributed by atoms with van der Waals surface area (Å²) >= 11 is 3.42. The highest BCUT2D eigenvalue weighted by Gasteiger charge is 2.37. The number of benzene rings is 1. The van der Waals surface area contributed by atoms with Crippen molar-refractivity contribution in [2.75, 3.05) is 0 Å². The topological polar surface area (TPSA) is 75.3 Å². The van der Waals surface area contributed by atoms with Crippen molar-refractivity contribution in [3.05, 3.63) is 45.6 Å². The zero-order valence-corrected chi connectivity index (χ0v) is 12.9. The number of ketones is 1. The first-order chi connectivity index (χ1) is 9.48. The summed E-state index contributed by atoms with van der Waals surface area (Å²) in [6.45, 7) is 0. The molecule has 0 bridgehead atoms. The highest BCUT2D eigenvalue weighted by Crippen LogP contribution is 2.36. The molecule has 0 radical (unpaired) electrons. The first-order valence-corrected chi connectivity index (χ1v) is 8.56. The van der Waals surface area contributed by atoms with Crippen molar-refractivity contribution in [3.63, 3.8) is 0 Å². The number of allylic oxidation sites excluding steroid dienone is 1. The quantitative estimate of drug-likeness (QED) is 0.807. The SMILES string of the molecule is O=C1CCCC2=C1C(c1ccccc1Br)NS(=O)(=O)N2. The van der Waals surface area contributed by atoms with E-state index in [2.05, 4.69) is 25.4 Å². The number of hydrogen-bond acceptors (Lipinski definition) is 3. The van der Waals surface area contributed by atoms with Gasteiger partial charge in [0.25, 0.3) is 10.2 Å².